The highest BCUT2D eigenvalue weighted by molar-refractivity contribution is 6.42. The Balaban J connectivity index is 3.53. The van der Waals surface area contributed by atoms with Crippen LogP contribution >= 0.6 is 23.2 Å². The number of halogens is 2. The Morgan fingerprint density at radius 2 is 1.71 bits per heavy atom. The van der Waals surface area contributed by atoms with Gasteiger partial charge in [-0.1, -0.05) is 44.0 Å². The van der Waals surface area contributed by atoms with Crippen molar-refractivity contribution in [3.05, 3.63) is 27.2 Å². The Morgan fingerprint density at radius 3 is 2.14 bits per heavy atom. The lowest BCUT2D eigenvalue weighted by Crippen LogP contribution is -2.13. The number of benzene rings is 1. The summed E-state index contributed by atoms with van der Waals surface area (Å²) in [5.74, 6) is 0.212. The normalized spacial score (nSPS) is 11.9. The molecular weight excluding hydrogens is 219 g/mol. The third-order valence-corrected chi connectivity index (χ3v) is 3.07. The number of aromatic hydroxyl groups is 1. The zero-order valence-corrected chi connectivity index (χ0v) is 10.3. The molecular formula is C11H14Cl2O. The summed E-state index contributed by atoms with van der Waals surface area (Å²) in [5.41, 5.74) is 1.57. The average molecular weight is 233 g/mol. The maximum Gasteiger partial charge on any atom is 0.121 e. The van der Waals surface area contributed by atoms with Gasteiger partial charge in [0.2, 0.25) is 0 Å². The van der Waals surface area contributed by atoms with Crippen LogP contribution in [0.1, 0.15) is 31.9 Å². The quantitative estimate of drug-likeness (QED) is 0.708. The minimum absolute atomic E-state index is 0.137. The second kappa shape index (κ2) is 3.63. The molecule has 0 amide bonds. The molecule has 0 aromatic heterocycles. The van der Waals surface area contributed by atoms with Crippen LogP contribution < -0.4 is 0 Å². The van der Waals surface area contributed by atoms with Gasteiger partial charge in [-0.2, -0.15) is 0 Å². The van der Waals surface area contributed by atoms with Crippen molar-refractivity contribution in [1.29, 1.82) is 0 Å². The van der Waals surface area contributed by atoms with Crippen LogP contribution in [-0.2, 0) is 5.41 Å². The third kappa shape index (κ3) is 1.99. The molecule has 0 heterocycles. The third-order valence-electron chi connectivity index (χ3n) is 2.18. The summed E-state index contributed by atoms with van der Waals surface area (Å²) >= 11 is 11.9. The van der Waals surface area contributed by atoms with E-state index in [9.17, 15) is 5.11 Å². The molecule has 0 bridgehead atoms. The van der Waals surface area contributed by atoms with Gasteiger partial charge < -0.3 is 5.11 Å². The van der Waals surface area contributed by atoms with Crippen LogP contribution in [0, 0.1) is 6.92 Å². The van der Waals surface area contributed by atoms with Crippen molar-refractivity contribution in [2.75, 3.05) is 0 Å². The van der Waals surface area contributed by atoms with Crippen molar-refractivity contribution < 1.29 is 5.11 Å². The highest BCUT2D eigenvalue weighted by Gasteiger charge is 2.23. The minimum atomic E-state index is -0.137. The fourth-order valence-corrected chi connectivity index (χ4v) is 2.08. The number of hydrogen-bond donors (Lipinski definition) is 1. The number of hydrogen-bond acceptors (Lipinski definition) is 1. The van der Waals surface area contributed by atoms with Crippen LogP contribution in [0.2, 0.25) is 10.0 Å². The maximum absolute atomic E-state index is 9.79. The summed E-state index contributed by atoms with van der Waals surface area (Å²) < 4.78 is 0. The number of rotatable bonds is 0. The zero-order valence-electron chi connectivity index (χ0n) is 8.78. The summed E-state index contributed by atoms with van der Waals surface area (Å²) in [4.78, 5) is 0. The number of phenolic OH excluding ortho intramolecular Hbond substituents is 1. The molecule has 1 rings (SSSR count). The molecule has 1 N–H and O–H groups in total. The SMILES string of the molecule is Cc1c(Cl)c(Cl)cc(O)c1C(C)(C)C. The van der Waals surface area contributed by atoms with Crippen molar-refractivity contribution in [1.82, 2.24) is 0 Å². The van der Waals surface area contributed by atoms with Gasteiger partial charge in [0, 0.05) is 11.6 Å². The first-order chi connectivity index (χ1) is 6.25. The molecule has 0 aliphatic heterocycles. The molecule has 1 aromatic carbocycles. The smallest absolute Gasteiger partial charge is 0.121 e. The molecule has 0 saturated carbocycles. The van der Waals surface area contributed by atoms with Gasteiger partial charge in [-0.15, -0.1) is 0 Å². The Kier molecular flexibility index (Phi) is 3.03. The largest absolute Gasteiger partial charge is 0.508 e. The van der Waals surface area contributed by atoms with Gasteiger partial charge in [-0.05, 0) is 17.9 Å². The van der Waals surface area contributed by atoms with E-state index in [0.29, 0.717) is 10.0 Å². The first-order valence-electron chi connectivity index (χ1n) is 4.43. The fraction of sp³-hybridized carbons (Fsp3) is 0.455. The Bertz CT molecular complexity index is 365. The van der Waals surface area contributed by atoms with Gasteiger partial charge in [0.1, 0.15) is 5.75 Å². The standard InChI is InChI=1S/C11H14Cl2O/c1-6-9(11(2,3)4)8(14)5-7(12)10(6)13/h5,14H,1-4H3. The van der Waals surface area contributed by atoms with Crippen LogP contribution in [0.15, 0.2) is 6.07 Å². The van der Waals surface area contributed by atoms with E-state index in [1.807, 2.05) is 27.7 Å². The molecule has 0 atom stereocenters. The topological polar surface area (TPSA) is 20.2 Å². The molecule has 14 heavy (non-hydrogen) atoms. The van der Waals surface area contributed by atoms with Crippen molar-refractivity contribution in [3.8, 4) is 5.75 Å². The molecule has 78 valence electrons. The first-order valence-corrected chi connectivity index (χ1v) is 5.18. The predicted molar refractivity (Wildman–Crippen MR) is 61.6 cm³/mol. The second-order valence-corrected chi connectivity index (χ2v) is 5.23. The van der Waals surface area contributed by atoms with Crippen LogP contribution in [0.4, 0.5) is 0 Å². The molecule has 0 saturated heterocycles. The van der Waals surface area contributed by atoms with Crippen LogP contribution in [0.25, 0.3) is 0 Å². The van der Waals surface area contributed by atoms with Gasteiger partial charge in [-0.3, -0.25) is 0 Å². The summed E-state index contributed by atoms with van der Waals surface area (Å²) in [6.07, 6.45) is 0. The lowest BCUT2D eigenvalue weighted by molar-refractivity contribution is 0.445. The highest BCUT2D eigenvalue weighted by Crippen LogP contribution is 2.40. The zero-order chi connectivity index (χ0) is 11.1. The molecule has 0 aliphatic rings. The Hall–Kier alpha value is -0.400. The van der Waals surface area contributed by atoms with E-state index < -0.39 is 0 Å². The molecule has 1 aromatic rings. The molecule has 0 unspecified atom stereocenters. The average Bonchev–Trinajstić information content (AvgIpc) is 1.97. The monoisotopic (exact) mass is 232 g/mol. The minimum Gasteiger partial charge on any atom is -0.508 e. The molecule has 0 radical (unpaired) electrons. The predicted octanol–water partition coefficient (Wildman–Crippen LogP) is 4.30. The summed E-state index contributed by atoms with van der Waals surface area (Å²) in [6, 6.07) is 1.50. The van der Waals surface area contributed by atoms with E-state index in [-0.39, 0.29) is 11.2 Å². The molecule has 0 fully saturated rings. The lowest BCUT2D eigenvalue weighted by Gasteiger charge is -2.24. The van der Waals surface area contributed by atoms with Gasteiger partial charge in [0.05, 0.1) is 10.0 Å². The van der Waals surface area contributed by atoms with E-state index in [1.54, 1.807) is 0 Å². The molecule has 0 aliphatic carbocycles. The first kappa shape index (κ1) is 11.7. The van der Waals surface area contributed by atoms with Gasteiger partial charge in [0.15, 0.2) is 0 Å². The van der Waals surface area contributed by atoms with E-state index in [0.717, 1.165) is 11.1 Å². The maximum atomic E-state index is 9.79. The van der Waals surface area contributed by atoms with Gasteiger partial charge in [0.25, 0.3) is 0 Å². The highest BCUT2D eigenvalue weighted by atomic mass is 35.5. The summed E-state index contributed by atoms with van der Waals surface area (Å²) in [5, 5.41) is 10.7. The van der Waals surface area contributed by atoms with Gasteiger partial charge >= 0.3 is 0 Å². The number of phenols is 1. The van der Waals surface area contributed by atoms with Crippen molar-refractivity contribution in [3.63, 3.8) is 0 Å². The van der Waals surface area contributed by atoms with E-state index in [2.05, 4.69) is 0 Å². The van der Waals surface area contributed by atoms with Crippen molar-refractivity contribution >= 4 is 23.2 Å². The molecule has 0 spiro atoms. The molecule has 1 nitrogen and oxygen atoms in total. The van der Waals surface area contributed by atoms with Gasteiger partial charge in [-0.25, -0.2) is 0 Å². The Labute approximate surface area is 94.7 Å². The summed E-state index contributed by atoms with van der Waals surface area (Å²) in [6.45, 7) is 7.95. The fourth-order valence-electron chi connectivity index (χ4n) is 1.68. The second-order valence-electron chi connectivity index (χ2n) is 4.44. The van der Waals surface area contributed by atoms with Crippen LogP contribution in [0.3, 0.4) is 0 Å². The van der Waals surface area contributed by atoms with E-state index in [1.165, 1.54) is 6.07 Å². The van der Waals surface area contributed by atoms with Crippen molar-refractivity contribution in [2.24, 2.45) is 0 Å². The van der Waals surface area contributed by atoms with Crippen molar-refractivity contribution in [2.45, 2.75) is 33.1 Å². The van der Waals surface area contributed by atoms with E-state index >= 15 is 0 Å². The van der Waals surface area contributed by atoms with E-state index in [4.69, 9.17) is 23.2 Å². The summed E-state index contributed by atoms with van der Waals surface area (Å²) in [7, 11) is 0. The van der Waals surface area contributed by atoms with Crippen LogP contribution in [-0.4, -0.2) is 5.11 Å². The van der Waals surface area contributed by atoms with Crippen LogP contribution in [0.5, 0.6) is 5.75 Å². The Morgan fingerprint density at radius 1 is 1.21 bits per heavy atom. The lowest BCUT2D eigenvalue weighted by atomic mass is 9.83. The molecule has 3 heteroatoms.